The van der Waals surface area contributed by atoms with Crippen molar-refractivity contribution in [1.29, 1.82) is 0 Å². The van der Waals surface area contributed by atoms with Crippen LogP contribution in [-0.4, -0.2) is 61.4 Å². The Labute approximate surface area is 184 Å². The molecule has 5 rings (SSSR count). The summed E-state index contributed by atoms with van der Waals surface area (Å²) in [5, 5.41) is 0.509. The van der Waals surface area contributed by atoms with Gasteiger partial charge in [0.25, 0.3) is 5.91 Å². The van der Waals surface area contributed by atoms with Crippen molar-refractivity contribution in [3.05, 3.63) is 75.6 Å². The van der Waals surface area contributed by atoms with Crippen LogP contribution < -0.4 is 5.43 Å². The number of amides is 1. The van der Waals surface area contributed by atoms with Gasteiger partial charge in [-0.3, -0.25) is 14.5 Å². The Morgan fingerprint density at radius 2 is 1.74 bits per heavy atom. The van der Waals surface area contributed by atoms with Gasteiger partial charge in [0.2, 0.25) is 5.76 Å². The molecule has 0 radical (unpaired) electrons. The lowest BCUT2D eigenvalue weighted by molar-refractivity contribution is 0.0314. The van der Waals surface area contributed by atoms with Gasteiger partial charge in [-0.2, -0.15) is 0 Å². The smallest absolute Gasteiger partial charge is 0.290 e. The van der Waals surface area contributed by atoms with Crippen LogP contribution in [0, 0.1) is 0 Å². The molecule has 31 heavy (non-hydrogen) atoms. The highest BCUT2D eigenvalue weighted by atomic mass is 32.2. The molecule has 3 aromatic rings. The van der Waals surface area contributed by atoms with E-state index in [0.29, 0.717) is 36.3 Å². The number of rotatable bonds is 5. The summed E-state index contributed by atoms with van der Waals surface area (Å²) in [7, 11) is 0. The van der Waals surface area contributed by atoms with Gasteiger partial charge in [0.1, 0.15) is 5.58 Å². The maximum atomic E-state index is 13.5. The maximum absolute atomic E-state index is 13.5. The fraction of sp³-hybridized carbons (Fsp3) is 0.333. The van der Waals surface area contributed by atoms with E-state index in [9.17, 15) is 9.59 Å². The van der Waals surface area contributed by atoms with Crippen LogP contribution in [0.1, 0.15) is 27.7 Å². The van der Waals surface area contributed by atoms with Crippen LogP contribution in [0.2, 0.25) is 0 Å². The van der Waals surface area contributed by atoms with Crippen molar-refractivity contribution in [2.24, 2.45) is 0 Å². The summed E-state index contributed by atoms with van der Waals surface area (Å²) in [6, 6.07) is 14.8. The van der Waals surface area contributed by atoms with Crippen LogP contribution in [0.25, 0.3) is 11.0 Å². The van der Waals surface area contributed by atoms with Gasteiger partial charge in [-0.25, -0.2) is 0 Å². The third-order valence-corrected chi connectivity index (χ3v) is 6.81. The Kier molecular flexibility index (Phi) is 5.56. The summed E-state index contributed by atoms with van der Waals surface area (Å²) in [4.78, 5) is 32.1. The largest absolute Gasteiger partial charge is 0.450 e. The number of thioether (sulfide) groups is 1. The molecule has 0 spiro atoms. The zero-order valence-corrected chi connectivity index (χ0v) is 18.2. The molecule has 0 aliphatic carbocycles. The molecule has 1 unspecified atom stereocenters. The predicted molar refractivity (Wildman–Crippen MR) is 121 cm³/mol. The number of para-hydroxylation sites is 1. The average molecular weight is 437 g/mol. The zero-order chi connectivity index (χ0) is 21.4. The SMILES string of the molecule is CSc1ccc(C2c3c(oc4ccccc4c3=O)C(=O)N2CCN2CCOCC2)cc1. The van der Waals surface area contributed by atoms with E-state index < -0.39 is 6.04 Å². The Hall–Kier alpha value is -2.61. The van der Waals surface area contributed by atoms with Crippen LogP contribution in [0.3, 0.4) is 0 Å². The number of carbonyl (C=O) groups is 1. The number of hydrogen-bond donors (Lipinski definition) is 0. The van der Waals surface area contributed by atoms with Gasteiger partial charge in [0.05, 0.1) is 30.2 Å². The summed E-state index contributed by atoms with van der Waals surface area (Å²) in [5.74, 6) is -0.0466. The first-order valence-electron chi connectivity index (χ1n) is 10.5. The van der Waals surface area contributed by atoms with Gasteiger partial charge >= 0.3 is 0 Å². The molecule has 0 bridgehead atoms. The van der Waals surface area contributed by atoms with E-state index in [0.717, 1.165) is 30.1 Å². The van der Waals surface area contributed by atoms with Crippen molar-refractivity contribution in [2.45, 2.75) is 10.9 Å². The standard InChI is InChI=1S/C24H24N2O4S/c1-31-17-8-6-16(7-9-17)21-20-22(27)18-4-2-3-5-19(18)30-23(20)24(28)26(21)11-10-25-12-14-29-15-13-25/h2-9,21H,10-15H2,1H3. The van der Waals surface area contributed by atoms with Crippen molar-refractivity contribution >= 4 is 28.6 Å². The number of carbonyl (C=O) groups excluding carboxylic acids is 1. The molecule has 1 aromatic heterocycles. The Morgan fingerprint density at radius 1 is 1.00 bits per heavy atom. The summed E-state index contributed by atoms with van der Waals surface area (Å²) in [6.07, 6.45) is 2.03. The minimum Gasteiger partial charge on any atom is -0.450 e. The number of ether oxygens (including phenoxy) is 1. The van der Waals surface area contributed by atoms with Gasteiger partial charge in [0.15, 0.2) is 5.43 Å². The molecule has 3 heterocycles. The minimum absolute atomic E-state index is 0.127. The van der Waals surface area contributed by atoms with E-state index in [1.165, 1.54) is 0 Å². The highest BCUT2D eigenvalue weighted by Gasteiger charge is 2.42. The topological polar surface area (TPSA) is 63.0 Å². The summed E-state index contributed by atoms with van der Waals surface area (Å²) < 4.78 is 11.4. The van der Waals surface area contributed by atoms with E-state index in [-0.39, 0.29) is 17.1 Å². The molecular weight excluding hydrogens is 412 g/mol. The quantitative estimate of drug-likeness (QED) is 0.572. The first-order valence-corrected chi connectivity index (χ1v) is 11.7. The van der Waals surface area contributed by atoms with Crippen molar-refractivity contribution < 1.29 is 13.9 Å². The van der Waals surface area contributed by atoms with Gasteiger partial charge in [-0.1, -0.05) is 24.3 Å². The highest BCUT2D eigenvalue weighted by molar-refractivity contribution is 7.98. The van der Waals surface area contributed by atoms with Crippen molar-refractivity contribution in [1.82, 2.24) is 9.80 Å². The Bertz CT molecular complexity index is 1170. The van der Waals surface area contributed by atoms with Crippen molar-refractivity contribution in [3.8, 4) is 0 Å². The zero-order valence-electron chi connectivity index (χ0n) is 17.4. The molecule has 2 aromatic carbocycles. The molecule has 2 aliphatic rings. The monoisotopic (exact) mass is 436 g/mol. The molecule has 2 aliphatic heterocycles. The first-order chi connectivity index (χ1) is 15.2. The molecule has 1 fully saturated rings. The second-order valence-electron chi connectivity index (χ2n) is 7.80. The van der Waals surface area contributed by atoms with Crippen LogP contribution >= 0.6 is 11.8 Å². The third-order valence-electron chi connectivity index (χ3n) is 6.07. The third kappa shape index (κ3) is 3.67. The molecule has 160 valence electrons. The van der Waals surface area contributed by atoms with Crippen molar-refractivity contribution in [3.63, 3.8) is 0 Å². The molecule has 0 N–H and O–H groups in total. The van der Waals surface area contributed by atoms with Gasteiger partial charge in [0, 0.05) is 31.1 Å². The van der Waals surface area contributed by atoms with E-state index in [2.05, 4.69) is 4.90 Å². The van der Waals surface area contributed by atoms with Gasteiger partial charge in [-0.05, 0) is 36.1 Å². The lowest BCUT2D eigenvalue weighted by atomic mass is 9.98. The lowest BCUT2D eigenvalue weighted by Gasteiger charge is -2.31. The van der Waals surface area contributed by atoms with Gasteiger partial charge < -0.3 is 14.1 Å². The van der Waals surface area contributed by atoms with E-state index in [4.69, 9.17) is 9.15 Å². The lowest BCUT2D eigenvalue weighted by Crippen LogP contribution is -2.42. The second kappa shape index (κ2) is 8.49. The molecule has 1 atom stereocenters. The Balaban J connectivity index is 1.58. The number of nitrogens with zero attached hydrogens (tertiary/aromatic N) is 2. The molecule has 6 nitrogen and oxygen atoms in total. The minimum atomic E-state index is -0.444. The first kappa shape index (κ1) is 20.3. The molecule has 1 amide bonds. The number of fused-ring (bicyclic) bond motifs is 2. The number of benzene rings is 2. The van der Waals surface area contributed by atoms with E-state index >= 15 is 0 Å². The fourth-order valence-electron chi connectivity index (χ4n) is 4.40. The molecular formula is C24H24N2O4S. The average Bonchev–Trinajstić information content (AvgIpc) is 3.10. The number of hydrogen-bond acceptors (Lipinski definition) is 6. The van der Waals surface area contributed by atoms with E-state index in [1.54, 1.807) is 28.8 Å². The fourth-order valence-corrected chi connectivity index (χ4v) is 4.81. The summed E-state index contributed by atoms with van der Waals surface area (Å²) in [6.45, 7) is 4.37. The summed E-state index contributed by atoms with van der Waals surface area (Å²) >= 11 is 1.66. The van der Waals surface area contributed by atoms with Crippen molar-refractivity contribution in [2.75, 3.05) is 45.6 Å². The van der Waals surface area contributed by atoms with Crippen LogP contribution in [0.15, 0.2) is 62.6 Å². The molecule has 1 saturated heterocycles. The molecule has 7 heteroatoms. The van der Waals surface area contributed by atoms with Crippen LogP contribution in [0.5, 0.6) is 0 Å². The van der Waals surface area contributed by atoms with Gasteiger partial charge in [-0.15, -0.1) is 11.8 Å². The summed E-state index contributed by atoms with van der Waals surface area (Å²) in [5.41, 5.74) is 1.70. The predicted octanol–water partition coefficient (Wildman–Crippen LogP) is 3.39. The number of morpholine rings is 1. The maximum Gasteiger partial charge on any atom is 0.290 e. The molecule has 0 saturated carbocycles. The second-order valence-corrected chi connectivity index (χ2v) is 8.68. The van der Waals surface area contributed by atoms with E-state index in [1.807, 2.05) is 42.7 Å². The van der Waals surface area contributed by atoms with Crippen LogP contribution in [-0.2, 0) is 4.74 Å². The van der Waals surface area contributed by atoms with Crippen LogP contribution in [0.4, 0.5) is 0 Å². The highest BCUT2D eigenvalue weighted by Crippen LogP contribution is 2.38. The Morgan fingerprint density at radius 3 is 2.48 bits per heavy atom. The normalized spacial score (nSPS) is 19.2.